The summed E-state index contributed by atoms with van der Waals surface area (Å²) in [5.74, 6) is -0.813. The maximum Gasteiger partial charge on any atom is 0.164 e. The summed E-state index contributed by atoms with van der Waals surface area (Å²) in [6.45, 7) is 0. The summed E-state index contributed by atoms with van der Waals surface area (Å²) in [4.78, 5) is 13.8. The Morgan fingerprint density at radius 2 is 1.02 bits per heavy atom. The molecule has 0 N–H and O–H groups in total. The lowest BCUT2D eigenvalue weighted by atomic mass is 9.94. The Morgan fingerprint density at radius 3 is 1.81 bits per heavy atom. The van der Waals surface area contributed by atoms with Crippen LogP contribution in [0.5, 0.6) is 0 Å². The van der Waals surface area contributed by atoms with Crippen molar-refractivity contribution in [3.63, 3.8) is 0 Å². The van der Waals surface area contributed by atoms with Crippen LogP contribution >= 0.6 is 11.3 Å². The van der Waals surface area contributed by atoms with E-state index in [1.807, 2.05) is 36.4 Å². The lowest BCUT2D eigenvalue weighted by Gasteiger charge is -2.10. The molecule has 0 fully saturated rings. The highest BCUT2D eigenvalue weighted by Gasteiger charge is 2.17. The van der Waals surface area contributed by atoms with Gasteiger partial charge >= 0.3 is 0 Å². The summed E-state index contributed by atoms with van der Waals surface area (Å²) in [5, 5.41) is 2.39. The van der Waals surface area contributed by atoms with Crippen molar-refractivity contribution in [2.24, 2.45) is 0 Å². The third-order valence-electron chi connectivity index (χ3n) is 10.2. The summed E-state index contributed by atoms with van der Waals surface area (Å²) < 4.78 is 127. The quantitative estimate of drug-likeness (QED) is 0.175. The van der Waals surface area contributed by atoms with Crippen LogP contribution in [0.4, 0.5) is 0 Å². The van der Waals surface area contributed by atoms with Gasteiger partial charge in [0.05, 0.1) is 17.8 Å². The average molecular weight is 771 g/mol. The Hall–Kier alpha value is -7.47. The van der Waals surface area contributed by atoms with Crippen molar-refractivity contribution in [3.8, 4) is 56.4 Å². The molecule has 5 heteroatoms. The average Bonchev–Trinajstić information content (AvgIpc) is 3.95. The van der Waals surface area contributed by atoms with Gasteiger partial charge in [0.2, 0.25) is 0 Å². The molecule has 0 aliphatic heterocycles. The molecule has 0 unspecified atom stereocenters. The lowest BCUT2D eigenvalue weighted by Crippen LogP contribution is -2.00. The predicted octanol–water partition coefficient (Wildman–Crippen LogP) is 14.8. The summed E-state index contributed by atoms with van der Waals surface area (Å²) in [6, 6.07) is 26.9. The van der Waals surface area contributed by atoms with Gasteiger partial charge in [-0.25, -0.2) is 15.0 Å². The van der Waals surface area contributed by atoms with Crippen LogP contribution in [0.2, 0.25) is 0 Å². The van der Waals surface area contributed by atoms with Gasteiger partial charge in [0, 0.05) is 47.6 Å². The molecule has 9 aromatic carbocycles. The molecule has 4 nitrogen and oxygen atoms in total. The maximum absolute atomic E-state index is 9.70. The Balaban J connectivity index is 1.08. The maximum atomic E-state index is 9.70. The van der Waals surface area contributed by atoms with E-state index in [9.17, 15) is 9.60 Å². The van der Waals surface area contributed by atoms with Crippen LogP contribution < -0.4 is 0 Å². The zero-order valence-electron chi connectivity index (χ0n) is 43.1. The van der Waals surface area contributed by atoms with Crippen LogP contribution in [0, 0.1) is 0 Å². The zero-order valence-corrected chi connectivity index (χ0v) is 30.9. The molecule has 3 heterocycles. The van der Waals surface area contributed by atoms with Crippen LogP contribution in [-0.2, 0) is 0 Å². The molecule has 0 aliphatic carbocycles. The first-order valence-corrected chi connectivity index (χ1v) is 19.2. The van der Waals surface area contributed by atoms with E-state index in [0.29, 0.717) is 33.1 Å². The van der Waals surface area contributed by atoms with E-state index in [1.54, 1.807) is 59.9 Å². The smallest absolute Gasteiger partial charge is 0.164 e. The van der Waals surface area contributed by atoms with E-state index in [4.69, 9.17) is 12.6 Å². The van der Waals surface area contributed by atoms with Crippen LogP contribution in [0.25, 0.3) is 120 Å². The van der Waals surface area contributed by atoms with Crippen molar-refractivity contribution in [1.29, 1.82) is 0 Å². The molecule has 12 aromatic rings. The third kappa shape index (κ3) is 5.40. The van der Waals surface area contributed by atoms with Crippen molar-refractivity contribution in [2.75, 3.05) is 0 Å². The molecule has 0 aliphatic rings. The van der Waals surface area contributed by atoms with E-state index in [-0.39, 0.29) is 61.8 Å². The third-order valence-corrected chi connectivity index (χ3v) is 11.4. The molecule has 0 bridgehead atoms. The second-order valence-electron chi connectivity index (χ2n) is 13.7. The number of aromatic nitrogens is 3. The Kier molecular flexibility index (Phi) is 5.02. The minimum atomic E-state index is -0.644. The van der Waals surface area contributed by atoms with Gasteiger partial charge in [-0.3, -0.25) is 0 Å². The second kappa shape index (κ2) is 13.1. The highest BCUT2D eigenvalue weighted by atomic mass is 32.1. The molecule has 0 saturated carbocycles. The largest absolute Gasteiger partial charge is 0.456 e. The minimum Gasteiger partial charge on any atom is -0.456 e. The lowest BCUT2D eigenvalue weighted by molar-refractivity contribution is 0.669. The number of hydrogen-bond donors (Lipinski definition) is 0. The summed E-state index contributed by atoms with van der Waals surface area (Å²) in [7, 11) is 0. The Labute approximate surface area is 355 Å². The van der Waals surface area contributed by atoms with Gasteiger partial charge in [0.1, 0.15) is 11.2 Å². The first kappa shape index (κ1) is 22.3. The number of rotatable bonds is 5. The van der Waals surface area contributed by atoms with Gasteiger partial charge in [-0.05, 0) is 92.3 Å². The standard InChI is InChI=1S/C53H31N3OS/c1-2-11-33(12-3-1)51-54-52(39-24-20-32-10-4-5-13-34(32)29-39)56-53(55-51)40-25-22-35-28-37(23-21-36(35)30-40)41-15-8-17-46-49(41)44-31-38(26-27-45(44)57-46)42-16-9-19-48-50(42)43-14-6-7-18-47(43)58-48/h1-31H/i4D,5D,10D,13D,20D,21D,22D,23D,24D,25D,28D,29D,30D. The van der Waals surface area contributed by atoms with Crippen LogP contribution in [0.1, 0.15) is 17.8 Å². The van der Waals surface area contributed by atoms with E-state index in [2.05, 4.69) is 39.2 Å². The molecule has 0 saturated heterocycles. The fraction of sp³-hybridized carbons (Fsp3) is 0. The van der Waals surface area contributed by atoms with Crippen molar-refractivity contribution in [3.05, 3.63) is 188 Å². The second-order valence-corrected chi connectivity index (χ2v) is 14.8. The monoisotopic (exact) mass is 770 g/mol. The summed E-state index contributed by atoms with van der Waals surface area (Å²) in [6.07, 6.45) is 0. The molecule has 0 spiro atoms. The molecule has 0 radical (unpaired) electrons. The number of fused-ring (bicyclic) bond motifs is 8. The van der Waals surface area contributed by atoms with Crippen molar-refractivity contribution >= 4 is 75.0 Å². The molecule has 3 aromatic heterocycles. The first-order valence-electron chi connectivity index (χ1n) is 24.9. The van der Waals surface area contributed by atoms with Gasteiger partial charge in [0.25, 0.3) is 0 Å². The number of furan rings is 1. The Bertz CT molecular complexity index is 4350. The molecule has 12 rings (SSSR count). The Morgan fingerprint density at radius 1 is 0.414 bits per heavy atom. The van der Waals surface area contributed by atoms with Gasteiger partial charge < -0.3 is 4.42 Å². The zero-order chi connectivity index (χ0) is 49.5. The highest BCUT2D eigenvalue weighted by Crippen LogP contribution is 2.43. The molecule has 270 valence electrons. The SMILES string of the molecule is [2H]c1c([2H])c([2H])c2c([2H])c(-c3nc(-c4ccccc4)nc(-c4c([2H])c([2H])c5c([2H])c(-c6cccc7oc8ccc(-c9cccc%10sc%11ccccc%11c9%10)cc8c67)c([2H])c([2H])c5c4[2H])n3)c([2H])c([2H])c2c1[2H]. The topological polar surface area (TPSA) is 51.8 Å². The molecule has 0 amide bonds. The predicted molar refractivity (Wildman–Crippen MR) is 242 cm³/mol. The fourth-order valence-corrected chi connectivity index (χ4v) is 8.68. The molecule has 58 heavy (non-hydrogen) atoms. The van der Waals surface area contributed by atoms with Gasteiger partial charge in [-0.1, -0.05) is 139 Å². The first-order chi connectivity index (χ1) is 34.2. The van der Waals surface area contributed by atoms with Crippen molar-refractivity contribution in [1.82, 2.24) is 15.0 Å². The summed E-state index contributed by atoms with van der Waals surface area (Å²) >= 11 is 1.72. The number of benzene rings is 9. The van der Waals surface area contributed by atoms with E-state index < -0.39 is 72.5 Å². The van der Waals surface area contributed by atoms with Crippen molar-refractivity contribution in [2.45, 2.75) is 0 Å². The molecular formula is C53H31N3OS. The van der Waals surface area contributed by atoms with Gasteiger partial charge in [-0.15, -0.1) is 11.3 Å². The van der Waals surface area contributed by atoms with Crippen LogP contribution in [0.3, 0.4) is 0 Å². The van der Waals surface area contributed by atoms with E-state index >= 15 is 0 Å². The van der Waals surface area contributed by atoms with E-state index in [0.717, 1.165) is 26.6 Å². The fourth-order valence-electron chi connectivity index (χ4n) is 7.55. The van der Waals surface area contributed by atoms with Gasteiger partial charge in [0.15, 0.2) is 17.5 Å². The molecular weight excluding hydrogens is 727 g/mol. The summed E-state index contributed by atoms with van der Waals surface area (Å²) in [5.41, 5.74) is 3.04. The minimum absolute atomic E-state index is 0.00687. The highest BCUT2D eigenvalue weighted by molar-refractivity contribution is 7.25. The molecule has 0 atom stereocenters. The van der Waals surface area contributed by atoms with Crippen LogP contribution in [0.15, 0.2) is 192 Å². The normalized spacial score (nSPS) is 14.9. The number of hydrogen-bond acceptors (Lipinski definition) is 5. The number of nitrogens with zero attached hydrogens (tertiary/aromatic N) is 3. The van der Waals surface area contributed by atoms with Crippen LogP contribution in [-0.4, -0.2) is 15.0 Å². The van der Waals surface area contributed by atoms with Gasteiger partial charge in [-0.2, -0.15) is 0 Å². The van der Waals surface area contributed by atoms with E-state index in [1.165, 1.54) is 4.70 Å². The van der Waals surface area contributed by atoms with Crippen molar-refractivity contribution < 1.29 is 22.2 Å². The number of thiophene rings is 1.